The van der Waals surface area contributed by atoms with Crippen LogP contribution >= 0.6 is 11.6 Å². The van der Waals surface area contributed by atoms with Gasteiger partial charge in [0.05, 0.1) is 0 Å². The number of aliphatic hydroxyl groups is 1. The summed E-state index contributed by atoms with van der Waals surface area (Å²) >= 11 is 5.60. The van der Waals surface area contributed by atoms with Crippen molar-refractivity contribution in [2.75, 3.05) is 0 Å². The molecular formula is C21H41ClO3. The average molecular weight is 377 g/mol. The maximum absolute atomic E-state index is 11.5. The zero-order valence-electron chi connectivity index (χ0n) is 16.7. The van der Waals surface area contributed by atoms with Gasteiger partial charge in [0.25, 0.3) is 5.25 Å². The van der Waals surface area contributed by atoms with E-state index < -0.39 is 11.2 Å². The molecule has 0 amide bonds. The summed E-state index contributed by atoms with van der Waals surface area (Å²) in [5.74, 6) is -0.408. The molecule has 150 valence electrons. The van der Waals surface area contributed by atoms with E-state index in [-0.39, 0.29) is 6.42 Å². The molecule has 0 aliphatic heterocycles. The van der Waals surface area contributed by atoms with E-state index in [1.165, 1.54) is 83.5 Å². The van der Waals surface area contributed by atoms with E-state index in [0.29, 0.717) is 6.42 Å². The lowest BCUT2D eigenvalue weighted by molar-refractivity contribution is -0.179. The monoisotopic (exact) mass is 376 g/mol. The third-order valence-corrected chi connectivity index (χ3v) is 5.04. The number of unbranched alkanes of at least 4 members (excludes halogenated alkanes) is 14. The molecule has 0 fully saturated rings. The van der Waals surface area contributed by atoms with Gasteiger partial charge in [0.15, 0.2) is 0 Å². The largest absolute Gasteiger partial charge is 0.418 e. The van der Waals surface area contributed by atoms with E-state index in [1.807, 2.05) is 0 Å². The van der Waals surface area contributed by atoms with Gasteiger partial charge in [-0.2, -0.15) is 0 Å². The number of rotatable bonds is 18. The first-order valence-electron chi connectivity index (χ1n) is 10.6. The molecule has 0 rings (SSSR count). The molecule has 0 radical (unpaired) electrons. The van der Waals surface area contributed by atoms with Crippen molar-refractivity contribution in [2.45, 2.75) is 128 Å². The highest BCUT2D eigenvalue weighted by Crippen LogP contribution is 2.19. The van der Waals surface area contributed by atoms with Crippen molar-refractivity contribution in [3.63, 3.8) is 0 Å². The van der Waals surface area contributed by atoms with Gasteiger partial charge in [-0.25, -0.2) is 0 Å². The Hall–Kier alpha value is -0.280. The second kappa shape index (κ2) is 17.1. The van der Waals surface area contributed by atoms with Gasteiger partial charge in [-0.3, -0.25) is 4.79 Å². The van der Waals surface area contributed by atoms with E-state index >= 15 is 0 Å². The lowest BCUT2D eigenvalue weighted by atomic mass is 10.0. The highest BCUT2D eigenvalue weighted by Gasteiger charge is 2.25. The van der Waals surface area contributed by atoms with E-state index in [0.717, 1.165) is 12.8 Å². The average Bonchev–Trinajstić information content (AvgIpc) is 2.58. The Labute approximate surface area is 160 Å². The molecule has 0 bridgehead atoms. The zero-order valence-corrected chi connectivity index (χ0v) is 17.4. The van der Waals surface area contributed by atoms with Gasteiger partial charge in [0, 0.05) is 12.8 Å². The highest BCUT2D eigenvalue weighted by molar-refractivity contribution is 6.22. The summed E-state index contributed by atoms with van der Waals surface area (Å²) in [6.07, 6.45) is 20.0. The standard InChI is InChI=1S/C21H41ClO3/c1-3-5-6-7-8-9-10-11-12-13-14-15-16-17-18-19-20(23)25-21(22,24)4-2/h24H,3-19H2,1-2H3. The van der Waals surface area contributed by atoms with Crippen LogP contribution in [0.5, 0.6) is 0 Å². The molecule has 1 unspecified atom stereocenters. The van der Waals surface area contributed by atoms with Crippen molar-refractivity contribution in [3.8, 4) is 0 Å². The fourth-order valence-corrected chi connectivity index (χ4v) is 3.02. The predicted octanol–water partition coefficient (Wildman–Crippen LogP) is 7.09. The molecule has 0 heterocycles. The number of hydrogen-bond donors (Lipinski definition) is 1. The van der Waals surface area contributed by atoms with E-state index in [2.05, 4.69) is 6.92 Å². The van der Waals surface area contributed by atoms with Gasteiger partial charge >= 0.3 is 5.97 Å². The van der Waals surface area contributed by atoms with E-state index in [1.54, 1.807) is 6.92 Å². The van der Waals surface area contributed by atoms with Gasteiger partial charge in [-0.15, -0.1) is 0 Å². The van der Waals surface area contributed by atoms with Gasteiger partial charge in [-0.1, -0.05) is 104 Å². The minimum Gasteiger partial charge on any atom is -0.418 e. The SMILES string of the molecule is CCCCCCCCCCCCCCCCCC(=O)OC(O)(Cl)CC. The van der Waals surface area contributed by atoms with Crippen molar-refractivity contribution >= 4 is 17.6 Å². The molecule has 0 spiro atoms. The van der Waals surface area contributed by atoms with Crippen LogP contribution in [-0.4, -0.2) is 16.3 Å². The van der Waals surface area contributed by atoms with Crippen LogP contribution in [0.2, 0.25) is 0 Å². The Balaban J connectivity index is 3.20. The van der Waals surface area contributed by atoms with Crippen LogP contribution in [0.15, 0.2) is 0 Å². The van der Waals surface area contributed by atoms with Gasteiger partial charge in [0.2, 0.25) is 0 Å². The third kappa shape index (κ3) is 18.3. The summed E-state index contributed by atoms with van der Waals surface area (Å²) < 4.78 is 4.79. The molecule has 3 nitrogen and oxygen atoms in total. The normalized spacial score (nSPS) is 13.6. The van der Waals surface area contributed by atoms with Crippen LogP contribution in [0.1, 0.15) is 123 Å². The molecule has 0 saturated heterocycles. The third-order valence-electron chi connectivity index (χ3n) is 4.69. The topological polar surface area (TPSA) is 46.5 Å². The zero-order chi connectivity index (χ0) is 18.8. The van der Waals surface area contributed by atoms with Gasteiger partial charge in [-0.05, 0) is 18.0 Å². The number of esters is 1. The number of carbonyl (C=O) groups is 1. The predicted molar refractivity (Wildman–Crippen MR) is 107 cm³/mol. The smallest absolute Gasteiger partial charge is 0.309 e. The van der Waals surface area contributed by atoms with Crippen LogP contribution in [0, 0.1) is 0 Å². The Kier molecular flexibility index (Phi) is 17.0. The minimum absolute atomic E-state index is 0.194. The lowest BCUT2D eigenvalue weighted by Gasteiger charge is -2.18. The molecule has 0 aliphatic rings. The van der Waals surface area contributed by atoms with Crippen molar-refractivity contribution in [2.24, 2.45) is 0 Å². The molecular weight excluding hydrogens is 336 g/mol. The number of halogens is 1. The van der Waals surface area contributed by atoms with E-state index in [9.17, 15) is 9.90 Å². The number of alkyl halides is 1. The van der Waals surface area contributed by atoms with Crippen molar-refractivity contribution in [3.05, 3.63) is 0 Å². The van der Waals surface area contributed by atoms with Crippen molar-refractivity contribution in [1.29, 1.82) is 0 Å². The molecule has 0 aromatic heterocycles. The molecule has 0 aliphatic carbocycles. The fraction of sp³-hybridized carbons (Fsp3) is 0.952. The molecule has 0 aromatic carbocycles. The van der Waals surface area contributed by atoms with Crippen molar-refractivity contribution in [1.82, 2.24) is 0 Å². The fourth-order valence-electron chi connectivity index (χ4n) is 2.94. The number of ether oxygens (including phenoxy) is 1. The minimum atomic E-state index is -1.83. The first kappa shape index (κ1) is 24.7. The first-order valence-corrected chi connectivity index (χ1v) is 11.0. The summed E-state index contributed by atoms with van der Waals surface area (Å²) in [7, 11) is 0. The quantitative estimate of drug-likeness (QED) is 0.120. The first-order chi connectivity index (χ1) is 12.0. The van der Waals surface area contributed by atoms with Crippen LogP contribution in [-0.2, 0) is 9.53 Å². The molecule has 1 N–H and O–H groups in total. The Morgan fingerprint density at radius 2 is 1.12 bits per heavy atom. The Morgan fingerprint density at radius 3 is 1.48 bits per heavy atom. The summed E-state index contributed by atoms with van der Waals surface area (Å²) in [6.45, 7) is 3.94. The summed E-state index contributed by atoms with van der Waals surface area (Å²) in [5.41, 5.74) is 0. The van der Waals surface area contributed by atoms with Crippen LogP contribution in [0.3, 0.4) is 0 Å². The summed E-state index contributed by atoms with van der Waals surface area (Å²) in [4.78, 5) is 11.5. The highest BCUT2D eigenvalue weighted by atomic mass is 35.5. The lowest BCUT2D eigenvalue weighted by Crippen LogP contribution is -2.27. The van der Waals surface area contributed by atoms with Gasteiger partial charge in [0.1, 0.15) is 0 Å². The molecule has 0 aromatic rings. The molecule has 4 heteroatoms. The Morgan fingerprint density at radius 1 is 0.760 bits per heavy atom. The van der Waals surface area contributed by atoms with E-state index in [4.69, 9.17) is 16.3 Å². The number of hydrogen-bond acceptors (Lipinski definition) is 3. The molecule has 25 heavy (non-hydrogen) atoms. The Bertz CT molecular complexity index is 306. The second-order valence-electron chi connectivity index (χ2n) is 7.22. The van der Waals surface area contributed by atoms with Crippen molar-refractivity contribution < 1.29 is 14.6 Å². The van der Waals surface area contributed by atoms with Crippen LogP contribution < -0.4 is 0 Å². The summed E-state index contributed by atoms with van der Waals surface area (Å²) in [6, 6.07) is 0. The maximum atomic E-state index is 11.5. The maximum Gasteiger partial charge on any atom is 0.309 e. The number of carbonyl (C=O) groups excluding carboxylic acids is 1. The molecule has 1 atom stereocenters. The van der Waals surface area contributed by atoms with Crippen LogP contribution in [0.25, 0.3) is 0 Å². The molecule has 0 saturated carbocycles. The summed E-state index contributed by atoms with van der Waals surface area (Å²) in [5, 5.41) is 7.61. The van der Waals surface area contributed by atoms with Gasteiger partial charge < -0.3 is 9.84 Å². The van der Waals surface area contributed by atoms with Crippen LogP contribution in [0.4, 0.5) is 0 Å². The second-order valence-corrected chi connectivity index (χ2v) is 7.81.